The van der Waals surface area contributed by atoms with E-state index < -0.39 is 0 Å². The van der Waals surface area contributed by atoms with Crippen LogP contribution < -0.4 is 16.4 Å². The Morgan fingerprint density at radius 2 is 1.21 bits per heavy atom. The minimum atomic E-state index is 0.101. The first kappa shape index (κ1) is 26.3. The zero-order chi connectivity index (χ0) is 33.4. The minimum absolute atomic E-state index is 0.101. The highest BCUT2D eigenvalue weighted by atomic mass is 32.1. The van der Waals surface area contributed by atoms with E-state index in [1.165, 1.54) is 113 Å². The molecule has 9 aromatic carbocycles. The van der Waals surface area contributed by atoms with E-state index in [9.17, 15) is 0 Å². The quantitative estimate of drug-likeness (QED) is 0.142. The van der Waals surface area contributed by atoms with Crippen molar-refractivity contribution in [1.29, 1.82) is 0 Å². The monoisotopic (exact) mass is 670 g/mol. The van der Waals surface area contributed by atoms with Gasteiger partial charge >= 0.3 is 0 Å². The maximum absolute atomic E-state index is 3.54. The first-order valence-corrected chi connectivity index (χ1v) is 18.8. The van der Waals surface area contributed by atoms with Crippen LogP contribution in [0.5, 0.6) is 0 Å². The number of hydrogen-bond donors (Lipinski definition) is 0. The highest BCUT2D eigenvalue weighted by Gasteiger charge is 2.41. The van der Waals surface area contributed by atoms with E-state index in [-0.39, 0.29) is 6.71 Å². The molecule has 0 fully saturated rings. The number of aromatic nitrogens is 2. The summed E-state index contributed by atoms with van der Waals surface area (Å²) in [6.45, 7) is 0.101. The van der Waals surface area contributed by atoms with Crippen molar-refractivity contribution in [2.75, 3.05) is 0 Å². The van der Waals surface area contributed by atoms with E-state index in [1.807, 2.05) is 11.3 Å². The van der Waals surface area contributed by atoms with Crippen LogP contribution in [0.15, 0.2) is 140 Å². The molecule has 0 N–H and O–H groups in total. The molecule has 14 rings (SSSR count). The fourth-order valence-corrected chi connectivity index (χ4v) is 11.5. The van der Waals surface area contributed by atoms with Gasteiger partial charge in [-0.15, -0.1) is 11.3 Å². The van der Waals surface area contributed by atoms with Crippen molar-refractivity contribution >= 4 is 131 Å². The molecule has 5 heterocycles. The summed E-state index contributed by atoms with van der Waals surface area (Å²) in [5, 5.41) is 15.2. The molecule has 0 atom stereocenters. The maximum Gasteiger partial charge on any atom is 0.252 e. The van der Waals surface area contributed by atoms with Gasteiger partial charge in [-0.05, 0) is 68.9 Å². The molecule has 2 aliphatic rings. The lowest BCUT2D eigenvalue weighted by atomic mass is 9.34. The van der Waals surface area contributed by atoms with E-state index in [1.54, 1.807) is 0 Å². The van der Waals surface area contributed by atoms with Gasteiger partial charge in [0.2, 0.25) is 0 Å². The zero-order valence-electron chi connectivity index (χ0n) is 27.7. The number of benzene rings is 8. The van der Waals surface area contributed by atoms with Gasteiger partial charge in [-0.2, -0.15) is 0 Å². The molecule has 0 unspecified atom stereocenters. The van der Waals surface area contributed by atoms with Crippen LogP contribution in [-0.2, 0) is 0 Å². The first-order chi connectivity index (χ1) is 25.8. The summed E-state index contributed by atoms with van der Waals surface area (Å²) in [5.74, 6) is 0. The highest BCUT2D eigenvalue weighted by molar-refractivity contribution is 7.26. The van der Waals surface area contributed by atoms with E-state index >= 15 is 0 Å². The van der Waals surface area contributed by atoms with E-state index in [0.717, 1.165) is 10.8 Å². The lowest BCUT2D eigenvalue weighted by molar-refractivity contribution is 1.16. The molecule has 0 bridgehead atoms. The summed E-state index contributed by atoms with van der Waals surface area (Å²) >= 11 is 1.93. The molecule has 0 saturated heterocycles. The Kier molecular flexibility index (Phi) is 4.47. The number of hydrogen-bond acceptors (Lipinski definition) is 1. The number of thiophene rings is 1. The molecule has 0 saturated carbocycles. The van der Waals surface area contributed by atoms with Gasteiger partial charge in [0.05, 0.1) is 16.7 Å². The highest BCUT2D eigenvalue weighted by Crippen LogP contribution is 2.46. The summed E-state index contributed by atoms with van der Waals surface area (Å²) in [5.41, 5.74) is 11.9. The first-order valence-electron chi connectivity index (χ1n) is 18.0. The van der Waals surface area contributed by atoms with Gasteiger partial charge in [-0.25, -0.2) is 0 Å². The average molecular weight is 671 g/mol. The third-order valence-corrected chi connectivity index (χ3v) is 13.5. The normalized spacial score (nSPS) is 13.2. The summed E-state index contributed by atoms with van der Waals surface area (Å²) in [4.78, 5) is 0. The van der Waals surface area contributed by atoms with E-state index in [0.29, 0.717) is 0 Å². The SMILES string of the molecule is c1c2ccccc2c2cc3c4cccc5c4n(c3cc2c#1)-c1cc2ccccc2c2c1B5c1cccc3c4c5sc6ccccc6c5ccc4n-2c13. The van der Waals surface area contributed by atoms with Gasteiger partial charge in [0.1, 0.15) is 0 Å². The number of para-hydroxylation sites is 2. The van der Waals surface area contributed by atoms with Crippen LogP contribution in [0.3, 0.4) is 0 Å². The smallest absolute Gasteiger partial charge is 0.252 e. The lowest BCUT2D eigenvalue weighted by Gasteiger charge is -2.34. The second-order valence-electron chi connectivity index (χ2n) is 14.6. The summed E-state index contributed by atoms with van der Waals surface area (Å²) in [7, 11) is 0. The fraction of sp³-hybridized carbons (Fsp3) is 0. The standard InChI is InChI=1S/C48H23BN2S/c1-3-11-29-26(9-1)19-20-28-23-40-36(25-35(28)29)32-14-7-16-37-45(32)50(40)41-24-27-10-2-4-12-30(27)47-44(41)49(37)38-17-8-15-34-43-39(51(47)46(34)38)22-21-33-31-13-5-6-18-42(31)52-48(33)43/h1-18,21-25H. The van der Waals surface area contributed by atoms with Gasteiger partial charge in [0.25, 0.3) is 6.71 Å². The predicted molar refractivity (Wildman–Crippen MR) is 223 cm³/mol. The van der Waals surface area contributed by atoms with Crippen LogP contribution in [0.25, 0.3) is 107 Å². The van der Waals surface area contributed by atoms with Crippen molar-refractivity contribution in [3.8, 4) is 11.4 Å². The zero-order valence-corrected chi connectivity index (χ0v) is 28.5. The molecule has 2 aliphatic heterocycles. The lowest BCUT2D eigenvalue weighted by Crippen LogP contribution is -2.59. The van der Waals surface area contributed by atoms with Gasteiger partial charge in [0.15, 0.2) is 0 Å². The molecule has 234 valence electrons. The largest absolute Gasteiger partial charge is 0.310 e. The number of rotatable bonds is 0. The van der Waals surface area contributed by atoms with Gasteiger partial charge in [0, 0.05) is 74.6 Å². The molecule has 0 aliphatic carbocycles. The molecule has 4 heteroatoms. The Labute approximate surface area is 301 Å². The van der Waals surface area contributed by atoms with Crippen LogP contribution >= 0.6 is 11.3 Å². The maximum atomic E-state index is 3.54. The third-order valence-electron chi connectivity index (χ3n) is 12.2. The summed E-state index contributed by atoms with van der Waals surface area (Å²) in [6.07, 6.45) is 0. The van der Waals surface area contributed by atoms with Gasteiger partial charge < -0.3 is 9.13 Å². The molecule has 0 radical (unpaired) electrons. The van der Waals surface area contributed by atoms with Gasteiger partial charge in [-0.3, -0.25) is 0 Å². The minimum Gasteiger partial charge on any atom is -0.310 e. The molecule has 2 nitrogen and oxygen atoms in total. The summed E-state index contributed by atoms with van der Waals surface area (Å²) in [6, 6.07) is 59.5. The average Bonchev–Trinajstić information content (AvgIpc) is 3.85. The molecular formula is C48H23BN2S. The van der Waals surface area contributed by atoms with Crippen molar-refractivity contribution in [3.63, 3.8) is 0 Å². The Bertz CT molecular complexity index is 3650. The van der Waals surface area contributed by atoms with Crippen LogP contribution in [0.4, 0.5) is 0 Å². The van der Waals surface area contributed by atoms with Crippen molar-refractivity contribution in [2.24, 2.45) is 0 Å². The predicted octanol–water partition coefficient (Wildman–Crippen LogP) is 10.5. The topological polar surface area (TPSA) is 9.86 Å². The summed E-state index contributed by atoms with van der Waals surface area (Å²) < 4.78 is 7.92. The Morgan fingerprint density at radius 3 is 2.12 bits per heavy atom. The Hall–Kier alpha value is -6.54. The molecule has 0 amide bonds. The van der Waals surface area contributed by atoms with Crippen molar-refractivity contribution in [2.45, 2.75) is 0 Å². The second kappa shape index (κ2) is 8.84. The number of fused-ring (bicyclic) bond motifs is 19. The second-order valence-corrected chi connectivity index (χ2v) is 15.7. The molecular weight excluding hydrogens is 647 g/mol. The number of nitrogens with zero attached hydrogens (tertiary/aromatic N) is 2. The van der Waals surface area contributed by atoms with Crippen molar-refractivity contribution in [1.82, 2.24) is 9.13 Å². The van der Waals surface area contributed by atoms with Crippen molar-refractivity contribution in [3.05, 3.63) is 152 Å². The third kappa shape index (κ3) is 2.90. The van der Waals surface area contributed by atoms with Crippen LogP contribution in [0, 0.1) is 12.1 Å². The fourth-order valence-electron chi connectivity index (χ4n) is 10.3. The van der Waals surface area contributed by atoms with Crippen LogP contribution in [0.1, 0.15) is 0 Å². The van der Waals surface area contributed by atoms with Crippen molar-refractivity contribution < 1.29 is 0 Å². The van der Waals surface area contributed by atoms with Crippen LogP contribution in [0.2, 0.25) is 0 Å². The molecule has 52 heavy (non-hydrogen) atoms. The molecule has 12 aromatic rings. The molecule has 3 aromatic heterocycles. The Morgan fingerprint density at radius 1 is 0.481 bits per heavy atom. The van der Waals surface area contributed by atoms with Gasteiger partial charge in [-0.1, -0.05) is 115 Å². The van der Waals surface area contributed by atoms with E-state index in [2.05, 4.69) is 161 Å². The van der Waals surface area contributed by atoms with Crippen LogP contribution in [-0.4, -0.2) is 15.8 Å². The van der Waals surface area contributed by atoms with E-state index in [4.69, 9.17) is 0 Å². The Balaban J connectivity index is 1.21. The molecule has 0 spiro atoms.